The Morgan fingerprint density at radius 2 is 1.58 bits per heavy atom. The van der Waals surface area contributed by atoms with Gasteiger partial charge in [-0.1, -0.05) is 88.5 Å². The monoisotopic (exact) mass is 645 g/mol. The number of fused-ring (bicyclic) bond motifs is 1. The molecule has 0 fully saturated rings. The van der Waals surface area contributed by atoms with Crippen molar-refractivity contribution in [2.75, 3.05) is 5.75 Å². The summed E-state index contributed by atoms with van der Waals surface area (Å²) in [5, 5.41) is 4.40. The number of thiol groups is 1. The molecule has 1 N–H and O–H groups in total. The maximum absolute atomic E-state index is 4.66. The third-order valence-corrected chi connectivity index (χ3v) is 16.0. The van der Waals surface area contributed by atoms with E-state index in [1.54, 1.807) is 30.6 Å². The minimum absolute atomic E-state index is 0.00769. The number of hydrogen-bond acceptors (Lipinski definition) is 4. The molecule has 0 radical (unpaired) electrons. The molecule has 0 bridgehead atoms. The zero-order valence-corrected chi connectivity index (χ0v) is 32.5. The molecule has 0 saturated carbocycles. The molecule has 1 nitrogen and oxygen atoms in total. The molecule has 0 amide bonds. The van der Waals surface area contributed by atoms with E-state index < -0.39 is 0 Å². The lowest BCUT2D eigenvalue weighted by Gasteiger charge is -2.43. The first-order valence-corrected chi connectivity index (χ1v) is 20.3. The summed E-state index contributed by atoms with van der Waals surface area (Å²) >= 11 is 8.96. The molecule has 4 heteroatoms. The maximum Gasteiger partial charge on any atom is 0.0525 e. The van der Waals surface area contributed by atoms with Gasteiger partial charge in [-0.2, -0.15) is 12.6 Å². The largest absolute Gasteiger partial charge is 0.303 e. The van der Waals surface area contributed by atoms with Crippen LogP contribution in [0.15, 0.2) is 12.1 Å². The van der Waals surface area contributed by atoms with E-state index in [0.29, 0.717) is 17.4 Å². The van der Waals surface area contributed by atoms with Crippen LogP contribution in [0, 0.1) is 0 Å². The number of unbranched alkanes of at least 4 members (excludes halogenated alkanes) is 3. The highest BCUT2D eigenvalue weighted by Gasteiger charge is 2.45. The summed E-state index contributed by atoms with van der Waals surface area (Å²) in [6, 6.07) is 5.65. The Hall–Kier alpha value is -0.290. The van der Waals surface area contributed by atoms with Crippen LogP contribution in [0.2, 0.25) is 0 Å². The van der Waals surface area contributed by atoms with Crippen LogP contribution in [0.1, 0.15) is 190 Å². The van der Waals surface area contributed by atoms with Crippen molar-refractivity contribution in [3.63, 3.8) is 0 Å². The van der Waals surface area contributed by atoms with Crippen LogP contribution in [-0.4, -0.2) is 11.8 Å². The molecule has 0 aliphatic heterocycles. The Morgan fingerprint density at radius 3 is 2.12 bits per heavy atom. The van der Waals surface area contributed by atoms with Crippen LogP contribution in [0.3, 0.4) is 0 Å². The van der Waals surface area contributed by atoms with Crippen LogP contribution >= 0.6 is 35.3 Å². The van der Waals surface area contributed by atoms with E-state index in [4.69, 9.17) is 0 Å². The zero-order valence-electron chi connectivity index (χ0n) is 30.0. The lowest BCUT2D eigenvalue weighted by Crippen LogP contribution is -2.53. The standard InChI is InChI=1S/C39H67NS3/c1-12-19-20-21-22-29-25-32(36(9,13-2)14-3)42-34(29)38(11,16-5)28(8)40-39(17-6,18-7)33-26-31-30(23-24-41)27-37(10,15-4)35(31)43-33/h25-26,28,30,40-41H,12-24,27H2,1-11H3. The molecule has 2 aromatic rings. The average Bonchev–Trinajstić information content (AvgIpc) is 3.73. The molecule has 3 rings (SSSR count). The van der Waals surface area contributed by atoms with Crippen molar-refractivity contribution in [3.8, 4) is 0 Å². The Balaban J connectivity index is 2.04. The molecule has 2 aromatic heterocycles. The van der Waals surface area contributed by atoms with Crippen molar-refractivity contribution in [2.24, 2.45) is 0 Å². The van der Waals surface area contributed by atoms with E-state index in [1.807, 2.05) is 0 Å². The lowest BCUT2D eigenvalue weighted by atomic mass is 9.75. The predicted molar refractivity (Wildman–Crippen MR) is 200 cm³/mol. The third-order valence-electron chi connectivity index (χ3n) is 12.3. The number of aryl methyl sites for hydroxylation is 1. The van der Waals surface area contributed by atoms with Gasteiger partial charge in [-0.15, -0.1) is 22.7 Å². The van der Waals surface area contributed by atoms with Crippen LogP contribution in [0.5, 0.6) is 0 Å². The molecule has 0 aromatic carbocycles. The van der Waals surface area contributed by atoms with E-state index in [1.165, 1.54) is 64.2 Å². The van der Waals surface area contributed by atoms with Gasteiger partial charge in [0, 0.05) is 41.8 Å². The molecule has 1 aliphatic carbocycles. The second kappa shape index (κ2) is 15.5. The predicted octanol–water partition coefficient (Wildman–Crippen LogP) is 12.8. The molecule has 4 atom stereocenters. The van der Waals surface area contributed by atoms with E-state index in [2.05, 4.69) is 129 Å². The summed E-state index contributed by atoms with van der Waals surface area (Å²) in [5.74, 6) is 1.64. The van der Waals surface area contributed by atoms with Crippen molar-refractivity contribution in [1.29, 1.82) is 0 Å². The Kier molecular flexibility index (Phi) is 13.4. The minimum atomic E-state index is 0.00769. The van der Waals surface area contributed by atoms with Gasteiger partial charge in [-0.3, -0.25) is 0 Å². The Bertz CT molecular complexity index is 1140. The van der Waals surface area contributed by atoms with Crippen LogP contribution < -0.4 is 5.32 Å². The van der Waals surface area contributed by atoms with Gasteiger partial charge < -0.3 is 5.32 Å². The Morgan fingerprint density at radius 1 is 0.907 bits per heavy atom. The molecular weight excluding hydrogens is 579 g/mol. The van der Waals surface area contributed by atoms with Gasteiger partial charge in [0.25, 0.3) is 0 Å². The molecule has 0 spiro atoms. The molecule has 0 saturated heterocycles. The molecule has 246 valence electrons. The summed E-state index contributed by atoms with van der Waals surface area (Å²) in [6.45, 7) is 26.8. The second-order valence-electron chi connectivity index (χ2n) is 14.7. The smallest absolute Gasteiger partial charge is 0.0525 e. The van der Waals surface area contributed by atoms with Gasteiger partial charge in [-0.25, -0.2) is 0 Å². The first kappa shape index (κ1) is 37.2. The normalized spacial score (nSPS) is 21.3. The number of rotatable bonds is 19. The van der Waals surface area contributed by atoms with Crippen LogP contribution in [-0.2, 0) is 28.2 Å². The topological polar surface area (TPSA) is 12.0 Å². The zero-order chi connectivity index (χ0) is 32.1. The molecule has 1 aliphatic rings. The number of nitrogens with one attached hydrogen (secondary N) is 1. The van der Waals surface area contributed by atoms with Crippen molar-refractivity contribution >= 4 is 35.3 Å². The SMILES string of the molecule is CCCCCCc1cc(C(C)(CC)CC)sc1C(C)(CC)C(C)NC(CC)(CC)c1cc2c(s1)C(C)(CC)CC2CCS. The highest BCUT2D eigenvalue weighted by atomic mass is 32.1. The second-order valence-corrected chi connectivity index (χ2v) is 17.2. The van der Waals surface area contributed by atoms with E-state index in [-0.39, 0.29) is 16.4 Å². The fourth-order valence-electron chi connectivity index (χ4n) is 7.73. The van der Waals surface area contributed by atoms with Gasteiger partial charge >= 0.3 is 0 Å². The lowest BCUT2D eigenvalue weighted by molar-refractivity contribution is 0.217. The molecular formula is C39H67NS3. The summed E-state index contributed by atoms with van der Waals surface area (Å²) < 4.78 is 0. The summed E-state index contributed by atoms with van der Waals surface area (Å²) in [5.41, 5.74) is 3.97. The molecule has 43 heavy (non-hydrogen) atoms. The third kappa shape index (κ3) is 7.33. The van der Waals surface area contributed by atoms with Gasteiger partial charge in [-0.05, 0) is 106 Å². The Labute approximate surface area is 281 Å². The van der Waals surface area contributed by atoms with E-state index in [0.717, 1.165) is 25.0 Å². The maximum atomic E-state index is 4.66. The fraction of sp³-hybridized carbons (Fsp3) is 0.795. The van der Waals surface area contributed by atoms with Crippen molar-refractivity contribution in [1.82, 2.24) is 5.32 Å². The van der Waals surface area contributed by atoms with Crippen LogP contribution in [0.4, 0.5) is 0 Å². The molecule has 4 unspecified atom stereocenters. The van der Waals surface area contributed by atoms with Gasteiger partial charge in [0.2, 0.25) is 0 Å². The summed E-state index contributed by atoms with van der Waals surface area (Å²) in [6.07, 6.45) is 16.1. The number of hydrogen-bond donors (Lipinski definition) is 2. The molecule has 2 heterocycles. The highest BCUT2D eigenvalue weighted by molar-refractivity contribution is 7.80. The highest BCUT2D eigenvalue weighted by Crippen LogP contribution is 2.55. The first-order chi connectivity index (χ1) is 20.4. The minimum Gasteiger partial charge on any atom is -0.303 e. The van der Waals surface area contributed by atoms with Gasteiger partial charge in [0.1, 0.15) is 0 Å². The quantitative estimate of drug-likeness (QED) is 0.114. The number of thiophene rings is 2. The average molecular weight is 646 g/mol. The van der Waals surface area contributed by atoms with Crippen molar-refractivity contribution < 1.29 is 0 Å². The van der Waals surface area contributed by atoms with Crippen molar-refractivity contribution in [2.45, 2.75) is 193 Å². The summed E-state index contributed by atoms with van der Waals surface area (Å²) in [7, 11) is 0. The fourth-order valence-corrected chi connectivity index (χ4v) is 11.6. The first-order valence-electron chi connectivity index (χ1n) is 18.1. The van der Waals surface area contributed by atoms with Crippen molar-refractivity contribution in [3.05, 3.63) is 42.8 Å². The van der Waals surface area contributed by atoms with Crippen LogP contribution in [0.25, 0.3) is 0 Å². The van der Waals surface area contributed by atoms with E-state index in [9.17, 15) is 0 Å². The summed E-state index contributed by atoms with van der Waals surface area (Å²) in [4.78, 5) is 6.53. The van der Waals surface area contributed by atoms with E-state index >= 15 is 0 Å². The van der Waals surface area contributed by atoms with Gasteiger partial charge in [0.15, 0.2) is 0 Å². The van der Waals surface area contributed by atoms with Gasteiger partial charge in [0.05, 0.1) is 5.54 Å².